The largest absolute Gasteiger partial charge is 0.494 e. The van der Waals surface area contributed by atoms with Gasteiger partial charge in [-0.3, -0.25) is 14.4 Å². The van der Waals surface area contributed by atoms with Crippen LogP contribution in [0.4, 0.5) is 0 Å². The summed E-state index contributed by atoms with van der Waals surface area (Å²) in [6, 6.07) is 11.2. The van der Waals surface area contributed by atoms with E-state index in [0.29, 0.717) is 18.1 Å². The monoisotopic (exact) mass is 599 g/mol. The number of hydrogen-bond acceptors (Lipinski definition) is 7. The highest BCUT2D eigenvalue weighted by molar-refractivity contribution is 8.00. The Morgan fingerprint density at radius 1 is 1.07 bits per heavy atom. The SMILES string of the molecule is CCOc1ccc(C[C@H](NC(=O)COc2c(C)cccc2C)[C@H](O)C(=O)N2CSC(C)(C)C2C(=O)NC(C)(C)C)cc1. The predicted molar refractivity (Wildman–Crippen MR) is 166 cm³/mol. The van der Waals surface area contributed by atoms with E-state index in [2.05, 4.69) is 10.6 Å². The van der Waals surface area contributed by atoms with E-state index in [1.54, 1.807) is 0 Å². The predicted octanol–water partition coefficient (Wildman–Crippen LogP) is 3.76. The van der Waals surface area contributed by atoms with Crippen LogP contribution >= 0.6 is 11.8 Å². The van der Waals surface area contributed by atoms with Gasteiger partial charge in [0.15, 0.2) is 12.7 Å². The third-order valence-electron chi connectivity index (χ3n) is 7.00. The van der Waals surface area contributed by atoms with Crippen LogP contribution in [0.5, 0.6) is 11.5 Å². The van der Waals surface area contributed by atoms with Gasteiger partial charge in [0.1, 0.15) is 17.5 Å². The molecule has 0 bridgehead atoms. The first-order valence-electron chi connectivity index (χ1n) is 14.3. The zero-order valence-corrected chi connectivity index (χ0v) is 26.8. The van der Waals surface area contributed by atoms with Crippen LogP contribution in [0.15, 0.2) is 42.5 Å². The van der Waals surface area contributed by atoms with Crippen molar-refractivity contribution in [3.8, 4) is 11.5 Å². The molecule has 0 spiro atoms. The lowest BCUT2D eigenvalue weighted by Gasteiger charge is -2.35. The Kier molecular flexibility index (Phi) is 10.9. The number of para-hydroxylation sites is 1. The number of rotatable bonds is 11. The molecular weight excluding hydrogens is 554 g/mol. The summed E-state index contributed by atoms with van der Waals surface area (Å²) in [6.45, 7) is 15.4. The maximum atomic E-state index is 13.8. The summed E-state index contributed by atoms with van der Waals surface area (Å²) in [7, 11) is 0. The van der Waals surface area contributed by atoms with Crippen molar-refractivity contribution in [1.29, 1.82) is 0 Å². The lowest BCUT2D eigenvalue weighted by atomic mass is 9.96. The lowest BCUT2D eigenvalue weighted by molar-refractivity contribution is -0.148. The molecule has 1 aliphatic heterocycles. The lowest BCUT2D eigenvalue weighted by Crippen LogP contribution is -2.60. The molecule has 0 radical (unpaired) electrons. The molecule has 10 heteroatoms. The molecule has 230 valence electrons. The number of amides is 3. The van der Waals surface area contributed by atoms with Crippen molar-refractivity contribution in [2.75, 3.05) is 19.1 Å². The first kappa shape index (κ1) is 33.3. The van der Waals surface area contributed by atoms with E-state index in [4.69, 9.17) is 9.47 Å². The van der Waals surface area contributed by atoms with Gasteiger partial charge in [-0.15, -0.1) is 11.8 Å². The van der Waals surface area contributed by atoms with Crippen LogP contribution in [0.3, 0.4) is 0 Å². The Bertz CT molecular complexity index is 1240. The first-order valence-corrected chi connectivity index (χ1v) is 15.3. The fourth-order valence-corrected chi connectivity index (χ4v) is 6.13. The number of nitrogens with one attached hydrogen (secondary N) is 2. The van der Waals surface area contributed by atoms with Gasteiger partial charge < -0.3 is 30.1 Å². The van der Waals surface area contributed by atoms with Gasteiger partial charge in [0, 0.05) is 10.3 Å². The minimum atomic E-state index is -1.60. The van der Waals surface area contributed by atoms with Gasteiger partial charge in [-0.1, -0.05) is 30.3 Å². The third kappa shape index (κ3) is 8.64. The number of thioether (sulfide) groups is 1. The molecule has 9 nitrogen and oxygen atoms in total. The molecule has 2 aromatic carbocycles. The Labute approximate surface area is 253 Å². The first-order chi connectivity index (χ1) is 19.6. The standard InChI is InChI=1S/C32H45N3O6S/c1-9-40-23-15-13-22(14-16-23)17-24(33-25(36)18-41-27-20(2)11-10-12-21(27)3)26(37)30(39)35-19-42-32(7,8)28(35)29(38)34-31(4,5)6/h10-16,24,26,28,37H,9,17-19H2,1-8H3,(H,33,36)(H,34,38)/t24-,26-,28?/m0/s1. The van der Waals surface area contributed by atoms with E-state index in [0.717, 1.165) is 16.7 Å². The number of aryl methyl sites for hydroxylation is 2. The van der Waals surface area contributed by atoms with Crippen LogP contribution < -0.4 is 20.1 Å². The normalized spacial score (nSPS) is 17.7. The Morgan fingerprint density at radius 2 is 1.69 bits per heavy atom. The molecule has 1 fully saturated rings. The van der Waals surface area contributed by atoms with Crippen molar-refractivity contribution in [2.45, 2.75) is 90.3 Å². The molecule has 0 aromatic heterocycles. The Hall–Kier alpha value is -3.24. The van der Waals surface area contributed by atoms with Crippen molar-refractivity contribution >= 4 is 29.5 Å². The number of benzene rings is 2. The average Bonchev–Trinajstić information content (AvgIpc) is 3.22. The topological polar surface area (TPSA) is 117 Å². The Balaban J connectivity index is 1.83. The zero-order valence-electron chi connectivity index (χ0n) is 25.9. The minimum absolute atomic E-state index is 0.178. The smallest absolute Gasteiger partial charge is 0.258 e. The van der Waals surface area contributed by atoms with Gasteiger partial charge in [-0.25, -0.2) is 0 Å². The number of aliphatic hydroxyl groups is 1. The minimum Gasteiger partial charge on any atom is -0.494 e. The maximum absolute atomic E-state index is 13.8. The second kappa shape index (κ2) is 13.8. The summed E-state index contributed by atoms with van der Waals surface area (Å²) in [5.41, 5.74) is 2.10. The van der Waals surface area contributed by atoms with Crippen molar-refractivity contribution < 1.29 is 29.0 Å². The van der Waals surface area contributed by atoms with Crippen LogP contribution in [-0.4, -0.2) is 75.3 Å². The summed E-state index contributed by atoms with van der Waals surface area (Å²) in [5, 5.41) is 17.2. The molecule has 1 unspecified atom stereocenters. The molecule has 42 heavy (non-hydrogen) atoms. The second-order valence-corrected chi connectivity index (χ2v) is 13.8. The van der Waals surface area contributed by atoms with Crippen molar-refractivity contribution in [3.05, 3.63) is 59.2 Å². The van der Waals surface area contributed by atoms with E-state index in [1.807, 2.05) is 97.9 Å². The molecule has 1 heterocycles. The highest BCUT2D eigenvalue weighted by atomic mass is 32.2. The van der Waals surface area contributed by atoms with E-state index >= 15 is 0 Å². The maximum Gasteiger partial charge on any atom is 0.258 e. The van der Waals surface area contributed by atoms with E-state index in [1.165, 1.54) is 16.7 Å². The van der Waals surface area contributed by atoms with Crippen molar-refractivity contribution in [1.82, 2.24) is 15.5 Å². The zero-order chi connectivity index (χ0) is 31.2. The molecule has 1 saturated heterocycles. The summed E-state index contributed by atoms with van der Waals surface area (Å²) >= 11 is 1.47. The summed E-state index contributed by atoms with van der Waals surface area (Å²) < 4.78 is 10.8. The van der Waals surface area contributed by atoms with Gasteiger partial charge >= 0.3 is 0 Å². The Morgan fingerprint density at radius 3 is 2.26 bits per heavy atom. The van der Waals surface area contributed by atoms with Crippen LogP contribution in [0.1, 0.15) is 58.2 Å². The van der Waals surface area contributed by atoms with Crippen molar-refractivity contribution in [3.63, 3.8) is 0 Å². The third-order valence-corrected chi connectivity index (χ3v) is 8.38. The van der Waals surface area contributed by atoms with E-state index < -0.39 is 40.3 Å². The second-order valence-electron chi connectivity index (χ2n) is 12.2. The summed E-state index contributed by atoms with van der Waals surface area (Å²) in [4.78, 5) is 41.6. The average molecular weight is 600 g/mol. The van der Waals surface area contributed by atoms with Crippen LogP contribution in [0.25, 0.3) is 0 Å². The van der Waals surface area contributed by atoms with E-state index in [9.17, 15) is 19.5 Å². The molecule has 2 aromatic rings. The highest BCUT2D eigenvalue weighted by Crippen LogP contribution is 2.40. The quantitative estimate of drug-likeness (QED) is 0.360. The summed E-state index contributed by atoms with van der Waals surface area (Å²) in [6.07, 6.45) is -1.42. The number of nitrogens with zero attached hydrogens (tertiary/aromatic N) is 1. The molecule has 3 amide bonds. The van der Waals surface area contributed by atoms with Gasteiger partial charge in [0.2, 0.25) is 5.91 Å². The fraction of sp³-hybridized carbons (Fsp3) is 0.531. The van der Waals surface area contributed by atoms with Crippen LogP contribution in [-0.2, 0) is 20.8 Å². The molecule has 0 aliphatic carbocycles. The van der Waals surface area contributed by atoms with Gasteiger partial charge in [0.25, 0.3) is 11.8 Å². The number of ether oxygens (including phenoxy) is 2. The molecule has 3 N–H and O–H groups in total. The molecular formula is C32H45N3O6S. The highest BCUT2D eigenvalue weighted by Gasteiger charge is 2.50. The van der Waals surface area contributed by atoms with Gasteiger partial charge in [-0.05, 0) is 90.6 Å². The molecule has 3 atom stereocenters. The fourth-order valence-electron chi connectivity index (χ4n) is 4.99. The van der Waals surface area contributed by atoms with E-state index in [-0.39, 0.29) is 24.8 Å². The summed E-state index contributed by atoms with van der Waals surface area (Å²) in [5.74, 6) is 0.186. The van der Waals surface area contributed by atoms with Crippen LogP contribution in [0.2, 0.25) is 0 Å². The number of carbonyl (C=O) groups excluding carboxylic acids is 3. The van der Waals surface area contributed by atoms with Gasteiger partial charge in [0.05, 0.1) is 18.5 Å². The number of aliphatic hydroxyl groups excluding tert-OH is 1. The molecule has 0 saturated carbocycles. The molecule has 3 rings (SSSR count). The van der Waals surface area contributed by atoms with Gasteiger partial charge in [-0.2, -0.15) is 0 Å². The van der Waals surface area contributed by atoms with Crippen LogP contribution in [0, 0.1) is 13.8 Å². The van der Waals surface area contributed by atoms with Crippen molar-refractivity contribution in [2.24, 2.45) is 0 Å². The number of hydrogen-bond donors (Lipinski definition) is 3. The molecule has 1 aliphatic rings. The number of carbonyl (C=O) groups is 3.